The van der Waals surface area contributed by atoms with E-state index in [9.17, 15) is 12.8 Å². The summed E-state index contributed by atoms with van der Waals surface area (Å²) in [7, 11) is 0.988. The summed E-state index contributed by atoms with van der Waals surface area (Å²) in [4.78, 5) is -0.513. The maximum absolute atomic E-state index is 13.2. The van der Waals surface area contributed by atoms with Gasteiger partial charge in [-0.15, -0.1) is 0 Å². The second-order valence-electron chi connectivity index (χ2n) is 2.11. The van der Waals surface area contributed by atoms with Crippen LogP contribution in [0.25, 0.3) is 0 Å². The first-order valence-corrected chi connectivity index (χ1v) is 7.10. The van der Waals surface area contributed by atoms with Gasteiger partial charge in [0.25, 0.3) is 9.05 Å². The van der Waals surface area contributed by atoms with E-state index in [1.165, 1.54) is 6.07 Å². The van der Waals surface area contributed by atoms with Crippen molar-refractivity contribution in [2.24, 2.45) is 0 Å². The van der Waals surface area contributed by atoms with Crippen molar-refractivity contribution in [3.63, 3.8) is 0 Å². The molecule has 0 unspecified atom stereocenters. The average molecular weight is 399 g/mol. The maximum Gasteiger partial charge on any atom is 0.264 e. The Hall–Kier alpha value is 0.600. The van der Waals surface area contributed by atoms with Crippen molar-refractivity contribution < 1.29 is 12.8 Å². The van der Waals surface area contributed by atoms with E-state index >= 15 is 0 Å². The molecule has 0 heterocycles. The van der Waals surface area contributed by atoms with Crippen molar-refractivity contribution in [1.29, 1.82) is 0 Å². The predicted octanol–water partition coefficient (Wildman–Crippen LogP) is 3.12. The van der Waals surface area contributed by atoms with Gasteiger partial charge in [0.2, 0.25) is 0 Å². The molecule has 0 fully saturated rings. The molecule has 0 amide bonds. The molecule has 1 aromatic rings. The fourth-order valence-corrected chi connectivity index (χ4v) is 2.49. The molecule has 2 nitrogen and oxygen atoms in total. The molecular weight excluding hydrogens is 397 g/mol. The van der Waals surface area contributed by atoms with E-state index in [4.69, 9.17) is 10.7 Å². The summed E-state index contributed by atoms with van der Waals surface area (Å²) in [6.45, 7) is 0. The molecule has 0 radical (unpaired) electrons. The monoisotopic (exact) mass is 398 g/mol. The molecule has 0 aromatic heterocycles. The van der Waals surface area contributed by atoms with Crippen molar-refractivity contribution >= 4 is 58.3 Å². The number of hydrogen-bond acceptors (Lipinski definition) is 2. The summed E-state index contributed by atoms with van der Waals surface area (Å²) in [5, 5.41) is 0. The average Bonchev–Trinajstić information content (AvgIpc) is 1.98. The molecule has 0 aliphatic heterocycles. The van der Waals surface area contributed by atoms with Crippen molar-refractivity contribution in [2.75, 3.05) is 0 Å². The molecule has 72 valence electrons. The minimum absolute atomic E-state index is 0.106. The van der Waals surface area contributed by atoms with Crippen LogP contribution in [0.2, 0.25) is 0 Å². The molecule has 0 saturated heterocycles. The van der Waals surface area contributed by atoms with Crippen LogP contribution in [0, 0.1) is 9.39 Å². The smallest absolute Gasteiger partial charge is 0.207 e. The molecule has 0 atom stereocenters. The van der Waals surface area contributed by atoms with Gasteiger partial charge < -0.3 is 0 Å². The Bertz CT molecular complexity index is 448. The van der Waals surface area contributed by atoms with Crippen LogP contribution in [0.5, 0.6) is 0 Å². The van der Waals surface area contributed by atoms with Gasteiger partial charge in [0, 0.05) is 14.3 Å². The molecule has 0 saturated carbocycles. The minimum atomic E-state index is -4.01. The lowest BCUT2D eigenvalue weighted by Gasteiger charge is -2.02. The quantitative estimate of drug-likeness (QED) is 0.413. The lowest BCUT2D eigenvalue weighted by Crippen LogP contribution is -1.97. The Morgan fingerprint density at radius 3 is 2.46 bits per heavy atom. The van der Waals surface area contributed by atoms with E-state index in [1.54, 1.807) is 0 Å². The van der Waals surface area contributed by atoms with Gasteiger partial charge in [0.15, 0.2) is 5.82 Å². The third-order valence-electron chi connectivity index (χ3n) is 1.26. The SMILES string of the molecule is O=S(=O)(Cl)c1ccc(I)c(Br)c1F. The summed E-state index contributed by atoms with van der Waals surface area (Å²) >= 11 is 4.79. The zero-order chi connectivity index (χ0) is 10.2. The topological polar surface area (TPSA) is 34.1 Å². The standard InChI is InChI=1S/C6H2BrClFIO2S/c7-5-3(10)1-2-4(6(5)9)13(8,11)12/h1-2H. The van der Waals surface area contributed by atoms with Gasteiger partial charge in [-0.1, -0.05) is 0 Å². The molecule has 13 heavy (non-hydrogen) atoms. The second-order valence-corrected chi connectivity index (χ2v) is 6.60. The number of benzene rings is 1. The Labute approximate surface area is 101 Å². The summed E-state index contributed by atoms with van der Waals surface area (Å²) in [5.74, 6) is -0.859. The van der Waals surface area contributed by atoms with Gasteiger partial charge in [0.1, 0.15) is 4.90 Å². The molecule has 0 aliphatic rings. The summed E-state index contributed by atoms with van der Waals surface area (Å²) in [6, 6.07) is 2.59. The molecule has 0 aliphatic carbocycles. The first kappa shape index (κ1) is 11.7. The van der Waals surface area contributed by atoms with Crippen LogP contribution in [-0.4, -0.2) is 8.42 Å². The highest BCUT2D eigenvalue weighted by Gasteiger charge is 2.19. The molecular formula is C6H2BrClFIO2S. The molecule has 0 spiro atoms. The van der Waals surface area contributed by atoms with Gasteiger partial charge in [-0.05, 0) is 50.7 Å². The van der Waals surface area contributed by atoms with Gasteiger partial charge in [-0.2, -0.15) is 0 Å². The van der Waals surface area contributed by atoms with Crippen LogP contribution < -0.4 is 0 Å². The van der Waals surface area contributed by atoms with Crippen LogP contribution in [0.15, 0.2) is 21.5 Å². The molecule has 1 aromatic carbocycles. The largest absolute Gasteiger partial charge is 0.264 e. The lowest BCUT2D eigenvalue weighted by atomic mass is 10.3. The van der Waals surface area contributed by atoms with E-state index < -0.39 is 19.8 Å². The maximum atomic E-state index is 13.2. The van der Waals surface area contributed by atoms with E-state index in [2.05, 4.69) is 15.9 Å². The fraction of sp³-hybridized carbons (Fsp3) is 0. The van der Waals surface area contributed by atoms with E-state index in [1.807, 2.05) is 22.6 Å². The van der Waals surface area contributed by atoms with E-state index in [0.717, 1.165) is 6.07 Å². The van der Waals surface area contributed by atoms with Crippen LogP contribution in [0.4, 0.5) is 4.39 Å². The fourth-order valence-electron chi connectivity index (χ4n) is 0.696. The summed E-state index contributed by atoms with van der Waals surface area (Å²) in [5.41, 5.74) is 0. The van der Waals surface area contributed by atoms with Crippen LogP contribution in [0.3, 0.4) is 0 Å². The van der Waals surface area contributed by atoms with Crippen molar-refractivity contribution in [2.45, 2.75) is 4.90 Å². The lowest BCUT2D eigenvalue weighted by molar-refractivity contribution is 0.570. The van der Waals surface area contributed by atoms with Crippen molar-refractivity contribution in [3.05, 3.63) is 26.0 Å². The number of halogens is 4. The zero-order valence-corrected chi connectivity index (χ0v) is 11.2. The Morgan fingerprint density at radius 1 is 1.46 bits per heavy atom. The van der Waals surface area contributed by atoms with E-state index in [-0.39, 0.29) is 4.47 Å². The molecule has 1 rings (SSSR count). The number of hydrogen-bond donors (Lipinski definition) is 0. The van der Waals surface area contributed by atoms with Crippen molar-refractivity contribution in [3.8, 4) is 0 Å². The highest BCUT2D eigenvalue weighted by Crippen LogP contribution is 2.29. The Balaban J connectivity index is 3.53. The first-order chi connectivity index (χ1) is 5.84. The van der Waals surface area contributed by atoms with Crippen LogP contribution in [-0.2, 0) is 9.05 Å². The normalized spacial score (nSPS) is 11.7. The third-order valence-corrected chi connectivity index (χ3v) is 5.02. The van der Waals surface area contributed by atoms with E-state index in [0.29, 0.717) is 3.57 Å². The highest BCUT2D eigenvalue weighted by atomic mass is 127. The predicted molar refractivity (Wildman–Crippen MR) is 59.9 cm³/mol. The Morgan fingerprint density at radius 2 is 2.00 bits per heavy atom. The van der Waals surface area contributed by atoms with Gasteiger partial charge >= 0.3 is 0 Å². The minimum Gasteiger partial charge on any atom is -0.207 e. The molecule has 0 bridgehead atoms. The second kappa shape index (κ2) is 4.00. The van der Waals surface area contributed by atoms with Gasteiger partial charge in [-0.25, -0.2) is 12.8 Å². The van der Waals surface area contributed by atoms with Crippen LogP contribution >= 0.6 is 49.2 Å². The number of rotatable bonds is 1. The van der Waals surface area contributed by atoms with Gasteiger partial charge in [-0.3, -0.25) is 0 Å². The van der Waals surface area contributed by atoms with Crippen LogP contribution in [0.1, 0.15) is 0 Å². The van der Waals surface area contributed by atoms with Crippen molar-refractivity contribution in [1.82, 2.24) is 0 Å². The highest BCUT2D eigenvalue weighted by molar-refractivity contribution is 14.1. The first-order valence-electron chi connectivity index (χ1n) is 2.92. The molecule has 0 N–H and O–H groups in total. The third kappa shape index (κ3) is 2.54. The summed E-state index contributed by atoms with van der Waals surface area (Å²) < 4.78 is 35.6. The molecule has 7 heteroatoms. The summed E-state index contributed by atoms with van der Waals surface area (Å²) in [6.07, 6.45) is 0. The Kier molecular flexibility index (Phi) is 3.59. The van der Waals surface area contributed by atoms with Gasteiger partial charge in [0.05, 0.1) is 4.47 Å². The zero-order valence-electron chi connectivity index (χ0n) is 5.89.